The summed E-state index contributed by atoms with van der Waals surface area (Å²) in [4.78, 5) is 12.9. The van der Waals surface area contributed by atoms with E-state index in [2.05, 4.69) is 20.9 Å². The Morgan fingerprint density at radius 2 is 1.85 bits per heavy atom. The molecule has 0 unspecified atom stereocenters. The summed E-state index contributed by atoms with van der Waals surface area (Å²) in [6.07, 6.45) is 1.09. The van der Waals surface area contributed by atoms with E-state index in [-0.39, 0.29) is 5.82 Å². The molecule has 0 atom stereocenters. The van der Waals surface area contributed by atoms with Crippen LogP contribution in [0.4, 0.5) is 10.3 Å². The smallest absolute Gasteiger partial charge is 0.203 e. The lowest BCUT2D eigenvalue weighted by Gasteiger charge is -2.21. The van der Waals surface area contributed by atoms with Crippen molar-refractivity contribution in [1.29, 1.82) is 0 Å². The number of benzene rings is 2. The van der Waals surface area contributed by atoms with Gasteiger partial charge in [-0.25, -0.2) is 9.37 Å². The number of hydrogen-bond acceptors (Lipinski definition) is 4. The minimum Gasteiger partial charge on any atom is -0.492 e. The molecule has 1 fully saturated rings. The molecule has 0 bridgehead atoms. The highest BCUT2D eigenvalue weighted by Crippen LogP contribution is 2.18. The minimum absolute atomic E-state index is 0.240. The Labute approximate surface area is 152 Å². The van der Waals surface area contributed by atoms with E-state index in [0.717, 1.165) is 56.1 Å². The molecule has 136 valence electrons. The van der Waals surface area contributed by atoms with E-state index in [1.807, 2.05) is 18.2 Å². The topological polar surface area (TPSA) is 44.4 Å². The van der Waals surface area contributed by atoms with Gasteiger partial charge in [-0.05, 0) is 42.8 Å². The molecule has 26 heavy (non-hydrogen) atoms. The molecule has 5 nitrogen and oxygen atoms in total. The lowest BCUT2D eigenvalue weighted by molar-refractivity contribution is 0.218. The van der Waals surface area contributed by atoms with Crippen LogP contribution in [0.2, 0.25) is 0 Å². The fourth-order valence-electron chi connectivity index (χ4n) is 3.32. The van der Waals surface area contributed by atoms with Crippen LogP contribution in [0.1, 0.15) is 6.42 Å². The largest absolute Gasteiger partial charge is 0.492 e. The maximum absolute atomic E-state index is 12.9. The van der Waals surface area contributed by atoms with E-state index in [1.165, 1.54) is 12.1 Å². The molecule has 2 aromatic carbocycles. The number of imidazole rings is 1. The third-order valence-electron chi connectivity index (χ3n) is 4.75. The summed E-state index contributed by atoms with van der Waals surface area (Å²) >= 11 is 0. The zero-order chi connectivity index (χ0) is 17.8. The first-order chi connectivity index (χ1) is 12.8. The maximum Gasteiger partial charge on any atom is 0.203 e. The highest BCUT2D eigenvalue weighted by molar-refractivity contribution is 5.77. The van der Waals surface area contributed by atoms with Crippen LogP contribution in [0, 0.1) is 5.82 Å². The fourth-order valence-corrected chi connectivity index (χ4v) is 3.32. The number of halogens is 1. The summed E-state index contributed by atoms with van der Waals surface area (Å²) < 4.78 is 18.6. The Morgan fingerprint density at radius 3 is 2.69 bits per heavy atom. The monoisotopic (exact) mass is 354 g/mol. The van der Waals surface area contributed by atoms with Gasteiger partial charge in [0.05, 0.1) is 11.0 Å². The van der Waals surface area contributed by atoms with Gasteiger partial charge in [-0.2, -0.15) is 0 Å². The summed E-state index contributed by atoms with van der Waals surface area (Å²) in [5.41, 5.74) is 2.09. The lowest BCUT2D eigenvalue weighted by atomic mass is 10.3. The quantitative estimate of drug-likeness (QED) is 0.764. The van der Waals surface area contributed by atoms with Crippen LogP contribution in [-0.2, 0) is 0 Å². The van der Waals surface area contributed by atoms with Crippen LogP contribution in [0.15, 0.2) is 48.5 Å². The molecular weight excluding hydrogens is 331 g/mol. The summed E-state index contributed by atoms with van der Waals surface area (Å²) in [7, 11) is 0. The molecule has 6 heteroatoms. The number of nitrogens with zero attached hydrogens (tertiary/aromatic N) is 3. The average molecular weight is 354 g/mol. The van der Waals surface area contributed by atoms with E-state index in [4.69, 9.17) is 9.72 Å². The fraction of sp³-hybridized carbons (Fsp3) is 0.350. The second kappa shape index (κ2) is 7.74. The molecule has 0 amide bonds. The number of aromatic amines is 1. The number of anilines is 1. The first-order valence-electron chi connectivity index (χ1n) is 9.08. The van der Waals surface area contributed by atoms with Crippen molar-refractivity contribution in [3.63, 3.8) is 0 Å². The first kappa shape index (κ1) is 16.8. The molecule has 1 N–H and O–H groups in total. The molecule has 0 spiro atoms. The lowest BCUT2D eigenvalue weighted by Crippen LogP contribution is -2.33. The van der Waals surface area contributed by atoms with Gasteiger partial charge >= 0.3 is 0 Å². The third kappa shape index (κ3) is 3.96. The Kier molecular flexibility index (Phi) is 5.02. The molecular formula is C20H23FN4O. The van der Waals surface area contributed by atoms with Gasteiger partial charge < -0.3 is 14.6 Å². The van der Waals surface area contributed by atoms with E-state index in [1.54, 1.807) is 12.1 Å². The van der Waals surface area contributed by atoms with Gasteiger partial charge in [0.15, 0.2) is 0 Å². The number of hydrogen-bond donors (Lipinski definition) is 1. The van der Waals surface area contributed by atoms with E-state index >= 15 is 0 Å². The van der Waals surface area contributed by atoms with Gasteiger partial charge in [0, 0.05) is 32.7 Å². The number of para-hydroxylation sites is 2. The van der Waals surface area contributed by atoms with Crippen LogP contribution in [0.3, 0.4) is 0 Å². The van der Waals surface area contributed by atoms with Gasteiger partial charge in [0.25, 0.3) is 0 Å². The zero-order valence-corrected chi connectivity index (χ0v) is 14.7. The summed E-state index contributed by atoms with van der Waals surface area (Å²) in [5, 5.41) is 0. The summed E-state index contributed by atoms with van der Waals surface area (Å²) in [6.45, 7) is 5.43. The summed E-state index contributed by atoms with van der Waals surface area (Å²) in [5.74, 6) is 1.43. The highest BCUT2D eigenvalue weighted by atomic mass is 19.1. The molecule has 4 rings (SSSR count). The molecule has 2 heterocycles. The molecule has 1 saturated heterocycles. The van der Waals surface area contributed by atoms with Gasteiger partial charge in [0.2, 0.25) is 5.95 Å². The zero-order valence-electron chi connectivity index (χ0n) is 14.7. The van der Waals surface area contributed by atoms with Crippen LogP contribution in [0.25, 0.3) is 11.0 Å². The van der Waals surface area contributed by atoms with Crippen LogP contribution < -0.4 is 9.64 Å². The van der Waals surface area contributed by atoms with Crippen LogP contribution >= 0.6 is 0 Å². The van der Waals surface area contributed by atoms with Crippen LogP contribution in [0.5, 0.6) is 5.75 Å². The van der Waals surface area contributed by atoms with Gasteiger partial charge in [-0.15, -0.1) is 0 Å². The Balaban J connectivity index is 1.29. The normalized spacial score (nSPS) is 16.0. The maximum atomic E-state index is 12.9. The molecule has 1 aliphatic heterocycles. The van der Waals surface area contributed by atoms with Crippen molar-refractivity contribution in [3.05, 3.63) is 54.3 Å². The Bertz CT molecular complexity index is 815. The Morgan fingerprint density at radius 1 is 1.00 bits per heavy atom. The molecule has 0 radical (unpaired) electrons. The number of fused-ring (bicyclic) bond motifs is 1. The number of H-pyrrole nitrogens is 1. The molecule has 0 aliphatic carbocycles. The van der Waals surface area contributed by atoms with E-state index < -0.39 is 0 Å². The molecule has 0 saturated carbocycles. The van der Waals surface area contributed by atoms with E-state index in [9.17, 15) is 4.39 Å². The second-order valence-electron chi connectivity index (χ2n) is 6.56. The van der Waals surface area contributed by atoms with Gasteiger partial charge in [-0.3, -0.25) is 4.90 Å². The van der Waals surface area contributed by atoms with Crippen molar-refractivity contribution in [3.8, 4) is 5.75 Å². The van der Waals surface area contributed by atoms with E-state index in [0.29, 0.717) is 12.4 Å². The van der Waals surface area contributed by atoms with Gasteiger partial charge in [0.1, 0.15) is 18.2 Å². The molecule has 1 aromatic heterocycles. The number of nitrogens with one attached hydrogen (secondary N) is 1. The van der Waals surface area contributed by atoms with Crippen LogP contribution in [-0.4, -0.2) is 54.2 Å². The number of ether oxygens (including phenoxy) is 1. The van der Waals surface area contributed by atoms with Crippen molar-refractivity contribution in [2.24, 2.45) is 0 Å². The van der Waals surface area contributed by atoms with Crippen molar-refractivity contribution in [1.82, 2.24) is 14.9 Å². The van der Waals surface area contributed by atoms with Crippen molar-refractivity contribution in [2.45, 2.75) is 6.42 Å². The van der Waals surface area contributed by atoms with Crippen molar-refractivity contribution in [2.75, 3.05) is 44.2 Å². The van der Waals surface area contributed by atoms with Crippen molar-refractivity contribution < 1.29 is 9.13 Å². The highest BCUT2D eigenvalue weighted by Gasteiger charge is 2.17. The first-order valence-corrected chi connectivity index (χ1v) is 9.08. The van der Waals surface area contributed by atoms with Crippen molar-refractivity contribution >= 4 is 17.0 Å². The predicted octanol–water partition coefficient (Wildman–Crippen LogP) is 3.29. The summed E-state index contributed by atoms with van der Waals surface area (Å²) in [6, 6.07) is 14.3. The predicted molar refractivity (Wildman–Crippen MR) is 101 cm³/mol. The average Bonchev–Trinajstić information content (AvgIpc) is 2.95. The van der Waals surface area contributed by atoms with Gasteiger partial charge in [-0.1, -0.05) is 12.1 Å². The SMILES string of the molecule is Fc1ccc(OCCN2CCCN(c3nc4ccccc4[nH]3)CC2)cc1. The molecule has 1 aliphatic rings. The standard InChI is InChI=1S/C20H23FN4O/c21-16-6-8-17(9-7-16)26-15-14-24-10-3-11-25(13-12-24)20-22-18-4-1-2-5-19(18)23-20/h1-2,4-9H,3,10-15H2,(H,22,23). The Hall–Kier alpha value is -2.60. The number of aromatic nitrogens is 2. The third-order valence-corrected chi connectivity index (χ3v) is 4.75. The second-order valence-corrected chi connectivity index (χ2v) is 6.56. The minimum atomic E-state index is -0.240. The molecule has 3 aromatic rings. The number of rotatable bonds is 5.